The first-order valence-corrected chi connectivity index (χ1v) is 8.31. The van der Waals surface area contributed by atoms with Gasteiger partial charge in [0.2, 0.25) is 0 Å². The van der Waals surface area contributed by atoms with Gasteiger partial charge in [0.25, 0.3) is 0 Å². The number of nitrogens with one attached hydrogen (secondary N) is 2. The van der Waals surface area contributed by atoms with E-state index in [-0.39, 0.29) is 30.0 Å². The van der Waals surface area contributed by atoms with Gasteiger partial charge in [0.15, 0.2) is 5.96 Å². The lowest BCUT2D eigenvalue weighted by atomic mass is 10.2. The summed E-state index contributed by atoms with van der Waals surface area (Å²) in [6.45, 7) is 2.97. The van der Waals surface area contributed by atoms with Crippen LogP contribution in [0.2, 0.25) is 0 Å². The second-order valence-electron chi connectivity index (χ2n) is 6.14. The van der Waals surface area contributed by atoms with Gasteiger partial charge >= 0.3 is 6.18 Å². The van der Waals surface area contributed by atoms with Crippen LogP contribution >= 0.6 is 24.0 Å². The van der Waals surface area contributed by atoms with E-state index in [4.69, 9.17) is 4.74 Å². The molecule has 1 aliphatic heterocycles. The van der Waals surface area contributed by atoms with E-state index in [1.54, 1.807) is 7.05 Å². The summed E-state index contributed by atoms with van der Waals surface area (Å²) in [5, 5.41) is 6.28. The molecule has 0 aromatic heterocycles. The van der Waals surface area contributed by atoms with E-state index in [9.17, 15) is 13.2 Å². The van der Waals surface area contributed by atoms with Crippen molar-refractivity contribution in [3.05, 3.63) is 29.8 Å². The first-order chi connectivity index (χ1) is 11.9. The van der Waals surface area contributed by atoms with Gasteiger partial charge in [-0.15, -0.1) is 24.0 Å². The Balaban J connectivity index is 0.00000338. The van der Waals surface area contributed by atoms with Crippen molar-refractivity contribution >= 4 is 29.9 Å². The average molecular weight is 486 g/mol. The number of likely N-dealkylation sites (tertiary alicyclic amines) is 1. The van der Waals surface area contributed by atoms with Gasteiger partial charge in [-0.2, -0.15) is 13.2 Å². The van der Waals surface area contributed by atoms with E-state index >= 15 is 0 Å². The number of alkyl halides is 3. The maximum absolute atomic E-state index is 12.4. The molecule has 1 heterocycles. The number of aryl methyl sites for hydroxylation is 1. The van der Waals surface area contributed by atoms with Crippen molar-refractivity contribution in [2.45, 2.75) is 25.6 Å². The molecule has 148 valence electrons. The average Bonchev–Trinajstić information content (AvgIpc) is 2.97. The van der Waals surface area contributed by atoms with Crippen molar-refractivity contribution in [3.63, 3.8) is 0 Å². The van der Waals surface area contributed by atoms with Gasteiger partial charge in [-0.25, -0.2) is 0 Å². The lowest BCUT2D eigenvalue weighted by molar-refractivity contribution is -0.143. The molecular weight excluding hydrogens is 460 g/mol. The number of halogens is 4. The first-order valence-electron chi connectivity index (χ1n) is 8.31. The molecule has 0 spiro atoms. The molecule has 1 aromatic rings. The molecule has 0 saturated carbocycles. The van der Waals surface area contributed by atoms with E-state index in [0.29, 0.717) is 38.6 Å². The molecule has 2 rings (SSSR count). The molecule has 1 fully saturated rings. The minimum atomic E-state index is -4.15. The van der Waals surface area contributed by atoms with Crippen LogP contribution in [0.4, 0.5) is 13.2 Å². The molecule has 1 atom stereocenters. The van der Waals surface area contributed by atoms with Crippen LogP contribution in [0.25, 0.3) is 0 Å². The topological polar surface area (TPSA) is 48.9 Å². The molecule has 0 amide bonds. The molecule has 1 aliphatic rings. The highest BCUT2D eigenvalue weighted by molar-refractivity contribution is 14.0. The van der Waals surface area contributed by atoms with E-state index in [2.05, 4.69) is 15.6 Å². The Labute approximate surface area is 169 Å². The smallest absolute Gasteiger partial charge is 0.401 e. The normalized spacial score (nSPS) is 18.3. The fourth-order valence-corrected chi connectivity index (χ4v) is 2.71. The van der Waals surface area contributed by atoms with Crippen molar-refractivity contribution in [2.24, 2.45) is 4.99 Å². The van der Waals surface area contributed by atoms with Crippen LogP contribution in [0.15, 0.2) is 29.3 Å². The number of hydrogen-bond acceptors (Lipinski definition) is 3. The van der Waals surface area contributed by atoms with E-state index in [0.717, 1.165) is 5.75 Å². The van der Waals surface area contributed by atoms with Crippen molar-refractivity contribution in [3.8, 4) is 5.75 Å². The molecule has 26 heavy (non-hydrogen) atoms. The lowest BCUT2D eigenvalue weighted by Gasteiger charge is -2.19. The summed E-state index contributed by atoms with van der Waals surface area (Å²) >= 11 is 0. The van der Waals surface area contributed by atoms with Gasteiger partial charge in [0, 0.05) is 26.2 Å². The summed E-state index contributed by atoms with van der Waals surface area (Å²) in [7, 11) is 1.64. The summed E-state index contributed by atoms with van der Waals surface area (Å²) in [5.74, 6) is 1.38. The number of nitrogens with zero attached hydrogens (tertiary/aromatic N) is 2. The van der Waals surface area contributed by atoms with Crippen molar-refractivity contribution in [1.82, 2.24) is 15.5 Å². The Morgan fingerprint density at radius 1 is 1.31 bits per heavy atom. The first kappa shape index (κ1) is 22.8. The number of rotatable bonds is 6. The molecule has 1 saturated heterocycles. The van der Waals surface area contributed by atoms with Crippen LogP contribution in [-0.4, -0.2) is 62.9 Å². The molecule has 2 N–H and O–H groups in total. The van der Waals surface area contributed by atoms with Gasteiger partial charge in [-0.05, 0) is 25.5 Å². The van der Waals surface area contributed by atoms with Gasteiger partial charge in [0.05, 0.1) is 13.1 Å². The molecule has 0 radical (unpaired) electrons. The summed E-state index contributed by atoms with van der Waals surface area (Å²) in [6, 6.07) is 7.75. The second kappa shape index (κ2) is 10.8. The summed E-state index contributed by atoms with van der Waals surface area (Å²) in [5.41, 5.74) is 1.17. The van der Waals surface area contributed by atoms with Crippen molar-refractivity contribution < 1.29 is 17.9 Å². The third kappa shape index (κ3) is 8.43. The van der Waals surface area contributed by atoms with Crippen molar-refractivity contribution in [1.29, 1.82) is 0 Å². The van der Waals surface area contributed by atoms with Crippen LogP contribution in [-0.2, 0) is 0 Å². The van der Waals surface area contributed by atoms with E-state index in [1.165, 1.54) is 10.5 Å². The highest BCUT2D eigenvalue weighted by Crippen LogP contribution is 2.19. The lowest BCUT2D eigenvalue weighted by Crippen LogP contribution is -2.46. The monoisotopic (exact) mass is 486 g/mol. The summed E-state index contributed by atoms with van der Waals surface area (Å²) in [4.78, 5) is 5.51. The molecule has 1 unspecified atom stereocenters. The molecule has 9 heteroatoms. The molecule has 5 nitrogen and oxygen atoms in total. The van der Waals surface area contributed by atoms with Gasteiger partial charge < -0.3 is 15.4 Å². The fraction of sp³-hybridized carbons (Fsp3) is 0.588. The van der Waals surface area contributed by atoms with Gasteiger partial charge in [-0.3, -0.25) is 9.89 Å². The summed E-state index contributed by atoms with van der Waals surface area (Å²) in [6.07, 6.45) is -3.49. The quantitative estimate of drug-likeness (QED) is 0.281. The Hall–Kier alpha value is -1.23. The zero-order chi connectivity index (χ0) is 18.3. The SMILES string of the molecule is CN=C(NCCOc1ccc(C)cc1)NC1CCN(CC(F)(F)F)C1.I. The van der Waals surface area contributed by atoms with Crippen molar-refractivity contribution in [2.75, 3.05) is 39.8 Å². The number of aliphatic imine (C=N–C) groups is 1. The maximum Gasteiger partial charge on any atom is 0.401 e. The minimum absolute atomic E-state index is 0. The molecule has 1 aromatic carbocycles. The van der Waals surface area contributed by atoms with Gasteiger partial charge in [-0.1, -0.05) is 17.7 Å². The third-order valence-corrected chi connectivity index (χ3v) is 3.92. The minimum Gasteiger partial charge on any atom is -0.492 e. The highest BCUT2D eigenvalue weighted by atomic mass is 127. The molecule has 0 bridgehead atoms. The predicted molar refractivity (Wildman–Crippen MR) is 107 cm³/mol. The molecular formula is C17H26F3IN4O. The zero-order valence-electron chi connectivity index (χ0n) is 15.0. The van der Waals surface area contributed by atoms with Crippen LogP contribution < -0.4 is 15.4 Å². The number of benzene rings is 1. The number of guanidine groups is 1. The fourth-order valence-electron chi connectivity index (χ4n) is 2.71. The zero-order valence-corrected chi connectivity index (χ0v) is 17.3. The Morgan fingerprint density at radius 3 is 2.62 bits per heavy atom. The van der Waals surface area contributed by atoms with E-state index in [1.807, 2.05) is 31.2 Å². The van der Waals surface area contributed by atoms with Crippen LogP contribution in [0.1, 0.15) is 12.0 Å². The standard InChI is InChI=1S/C17H25F3N4O.HI/c1-13-3-5-15(6-4-13)25-10-8-22-16(21-2)23-14-7-9-24(11-14)12-17(18,19)20;/h3-6,14H,7-12H2,1-2H3,(H2,21,22,23);1H. The predicted octanol–water partition coefficient (Wildman–Crippen LogP) is 2.79. The molecule has 0 aliphatic carbocycles. The Bertz CT molecular complexity index is 566. The largest absolute Gasteiger partial charge is 0.492 e. The Morgan fingerprint density at radius 2 is 2.00 bits per heavy atom. The number of hydrogen-bond donors (Lipinski definition) is 2. The van der Waals surface area contributed by atoms with Crippen LogP contribution in [0.5, 0.6) is 5.75 Å². The maximum atomic E-state index is 12.4. The second-order valence-corrected chi connectivity index (χ2v) is 6.14. The number of ether oxygens (including phenoxy) is 1. The van der Waals surface area contributed by atoms with Crippen LogP contribution in [0, 0.1) is 6.92 Å². The van der Waals surface area contributed by atoms with E-state index < -0.39 is 12.7 Å². The Kier molecular flexibility index (Phi) is 9.48. The third-order valence-electron chi connectivity index (χ3n) is 3.92. The summed E-state index contributed by atoms with van der Waals surface area (Å²) < 4.78 is 42.9. The van der Waals surface area contributed by atoms with Gasteiger partial charge in [0.1, 0.15) is 12.4 Å². The highest BCUT2D eigenvalue weighted by Gasteiger charge is 2.34. The van der Waals surface area contributed by atoms with Crippen LogP contribution in [0.3, 0.4) is 0 Å².